The molecule has 8 heteroatoms. The van der Waals surface area contributed by atoms with Gasteiger partial charge in [0.1, 0.15) is 6.10 Å². The monoisotopic (exact) mass is 318 g/mol. The number of carbonyl (C=O) groups excluding carboxylic acids is 1. The zero-order valence-corrected chi connectivity index (χ0v) is 12.8. The van der Waals surface area contributed by atoms with E-state index in [2.05, 4.69) is 20.4 Å². The molecule has 1 N–H and O–H groups in total. The molecule has 0 saturated carbocycles. The molecule has 122 valence electrons. The third-order valence-corrected chi connectivity index (χ3v) is 3.42. The lowest BCUT2D eigenvalue weighted by Gasteiger charge is -2.22. The van der Waals surface area contributed by atoms with Crippen molar-refractivity contribution >= 4 is 5.91 Å². The first-order valence-electron chi connectivity index (χ1n) is 7.48. The summed E-state index contributed by atoms with van der Waals surface area (Å²) in [4.78, 5) is 20.2. The molecule has 1 aliphatic rings. The Bertz CT molecular complexity index is 650. The number of nitrogens with zero attached hydrogens (tertiary/aromatic N) is 3. The lowest BCUT2D eigenvalue weighted by atomic mass is 10.1. The Morgan fingerprint density at radius 3 is 2.87 bits per heavy atom. The number of aromatic nitrogens is 3. The summed E-state index contributed by atoms with van der Waals surface area (Å²) in [6, 6.07) is 3.37. The molecular formula is C15H18N4O4. The fraction of sp³-hybridized carbons (Fsp3) is 0.467. The molecule has 1 fully saturated rings. The Morgan fingerprint density at radius 1 is 1.39 bits per heavy atom. The van der Waals surface area contributed by atoms with Crippen LogP contribution in [0.3, 0.4) is 0 Å². The van der Waals surface area contributed by atoms with Gasteiger partial charge in [-0.25, -0.2) is 4.98 Å². The smallest absolute Gasteiger partial charge is 0.253 e. The lowest BCUT2D eigenvalue weighted by Crippen LogP contribution is -2.26. The molecule has 0 aliphatic carbocycles. The highest BCUT2D eigenvalue weighted by atomic mass is 16.5. The third kappa shape index (κ3) is 4.26. The Morgan fingerprint density at radius 2 is 2.22 bits per heavy atom. The number of ether oxygens (including phenoxy) is 2. The molecule has 3 heterocycles. The maximum Gasteiger partial charge on any atom is 0.253 e. The number of nitrogens with one attached hydrogen (secondary N) is 1. The van der Waals surface area contributed by atoms with Crippen LogP contribution in [0.15, 0.2) is 22.9 Å². The van der Waals surface area contributed by atoms with Gasteiger partial charge in [0.2, 0.25) is 11.8 Å². The minimum atomic E-state index is -0.258. The molecule has 1 aliphatic heterocycles. The summed E-state index contributed by atoms with van der Waals surface area (Å²) in [5, 5.41) is 6.36. The van der Waals surface area contributed by atoms with Crippen LogP contribution >= 0.6 is 0 Å². The molecule has 0 unspecified atom stereocenters. The largest absolute Gasteiger partial charge is 0.474 e. The van der Waals surface area contributed by atoms with E-state index in [0.717, 1.165) is 12.8 Å². The van der Waals surface area contributed by atoms with E-state index in [1.165, 1.54) is 6.20 Å². The molecule has 2 aromatic heterocycles. The van der Waals surface area contributed by atoms with Crippen molar-refractivity contribution < 1.29 is 18.8 Å². The molecular weight excluding hydrogens is 300 g/mol. The predicted octanol–water partition coefficient (Wildman–Crippen LogP) is 1.26. The van der Waals surface area contributed by atoms with Crippen molar-refractivity contribution in [3.63, 3.8) is 0 Å². The van der Waals surface area contributed by atoms with Crippen molar-refractivity contribution in [2.24, 2.45) is 0 Å². The maximum atomic E-state index is 12.0. The van der Waals surface area contributed by atoms with Gasteiger partial charge in [-0.2, -0.15) is 4.98 Å². The van der Waals surface area contributed by atoms with Crippen LogP contribution in [0.2, 0.25) is 0 Å². The molecule has 1 amide bonds. The molecule has 0 radical (unpaired) electrons. The molecule has 1 saturated heterocycles. The molecule has 2 aromatic rings. The molecule has 0 atom stereocenters. The highest BCUT2D eigenvalue weighted by Crippen LogP contribution is 2.16. The average Bonchev–Trinajstić information content (AvgIpc) is 3.00. The summed E-state index contributed by atoms with van der Waals surface area (Å²) >= 11 is 0. The number of hydrogen-bond donors (Lipinski definition) is 1. The SMILES string of the molecule is Cc1noc(CNC(=O)c2ccc(OC3CCOCC3)nc2)n1. The van der Waals surface area contributed by atoms with Crippen LogP contribution < -0.4 is 10.1 Å². The topological polar surface area (TPSA) is 99.4 Å². The van der Waals surface area contributed by atoms with Crippen LogP contribution in [-0.4, -0.2) is 40.3 Å². The molecule has 8 nitrogen and oxygen atoms in total. The zero-order valence-electron chi connectivity index (χ0n) is 12.8. The Labute approximate surface area is 133 Å². The van der Waals surface area contributed by atoms with Crippen LogP contribution in [0.1, 0.15) is 34.9 Å². The van der Waals surface area contributed by atoms with Gasteiger partial charge in [0.25, 0.3) is 5.91 Å². The first-order chi connectivity index (χ1) is 11.2. The zero-order chi connectivity index (χ0) is 16.1. The van der Waals surface area contributed by atoms with Crippen LogP contribution in [0.25, 0.3) is 0 Å². The second kappa shape index (κ2) is 7.19. The van der Waals surface area contributed by atoms with Crippen LogP contribution in [-0.2, 0) is 11.3 Å². The van der Waals surface area contributed by atoms with Gasteiger partial charge in [-0.05, 0) is 13.0 Å². The van der Waals surface area contributed by atoms with E-state index in [1.54, 1.807) is 19.1 Å². The van der Waals surface area contributed by atoms with Crippen molar-refractivity contribution in [1.29, 1.82) is 0 Å². The van der Waals surface area contributed by atoms with Crippen LogP contribution in [0.4, 0.5) is 0 Å². The van der Waals surface area contributed by atoms with Crippen LogP contribution in [0, 0.1) is 6.92 Å². The Balaban J connectivity index is 1.52. The average molecular weight is 318 g/mol. The van der Waals surface area contributed by atoms with E-state index in [-0.39, 0.29) is 18.6 Å². The van der Waals surface area contributed by atoms with Crippen molar-refractivity contribution in [3.05, 3.63) is 35.6 Å². The summed E-state index contributed by atoms with van der Waals surface area (Å²) < 4.78 is 16.0. The minimum absolute atomic E-state index is 0.122. The fourth-order valence-corrected chi connectivity index (χ4v) is 2.22. The highest BCUT2D eigenvalue weighted by Gasteiger charge is 2.16. The number of carbonyl (C=O) groups is 1. The van der Waals surface area contributed by atoms with E-state index in [0.29, 0.717) is 36.4 Å². The lowest BCUT2D eigenvalue weighted by molar-refractivity contribution is 0.0237. The predicted molar refractivity (Wildman–Crippen MR) is 78.9 cm³/mol. The number of aryl methyl sites for hydroxylation is 1. The molecule has 0 bridgehead atoms. The number of amides is 1. The number of hydrogen-bond acceptors (Lipinski definition) is 7. The van der Waals surface area contributed by atoms with Crippen LogP contribution in [0.5, 0.6) is 5.88 Å². The van der Waals surface area contributed by atoms with Crippen molar-refractivity contribution in [1.82, 2.24) is 20.4 Å². The maximum absolute atomic E-state index is 12.0. The van der Waals surface area contributed by atoms with Gasteiger partial charge in [-0.3, -0.25) is 4.79 Å². The first-order valence-corrected chi connectivity index (χ1v) is 7.48. The van der Waals surface area contributed by atoms with E-state index in [9.17, 15) is 4.79 Å². The van der Waals surface area contributed by atoms with Gasteiger partial charge in [0.15, 0.2) is 5.82 Å². The fourth-order valence-electron chi connectivity index (χ4n) is 2.22. The second-order valence-electron chi connectivity index (χ2n) is 5.23. The van der Waals surface area contributed by atoms with E-state index < -0.39 is 0 Å². The quantitative estimate of drug-likeness (QED) is 0.886. The first kappa shape index (κ1) is 15.4. The second-order valence-corrected chi connectivity index (χ2v) is 5.23. The summed E-state index contributed by atoms with van der Waals surface area (Å²) in [7, 11) is 0. The minimum Gasteiger partial charge on any atom is -0.474 e. The van der Waals surface area contributed by atoms with Gasteiger partial charge in [-0.15, -0.1) is 0 Å². The van der Waals surface area contributed by atoms with Crippen molar-refractivity contribution in [2.45, 2.75) is 32.4 Å². The molecule has 0 spiro atoms. The van der Waals surface area contributed by atoms with Gasteiger partial charge >= 0.3 is 0 Å². The summed E-state index contributed by atoms with van der Waals surface area (Å²) in [6.07, 6.45) is 3.32. The standard InChI is InChI=1S/C15H18N4O4/c1-10-18-14(23-19-10)9-17-15(20)11-2-3-13(16-8-11)22-12-4-6-21-7-5-12/h2-3,8,12H,4-7,9H2,1H3,(H,17,20). The molecule has 23 heavy (non-hydrogen) atoms. The highest BCUT2D eigenvalue weighted by molar-refractivity contribution is 5.93. The van der Waals surface area contributed by atoms with Gasteiger partial charge < -0.3 is 19.3 Å². The van der Waals surface area contributed by atoms with Crippen molar-refractivity contribution in [3.8, 4) is 5.88 Å². The van der Waals surface area contributed by atoms with Gasteiger partial charge in [-0.1, -0.05) is 5.16 Å². The van der Waals surface area contributed by atoms with Crippen molar-refractivity contribution in [2.75, 3.05) is 13.2 Å². The third-order valence-electron chi connectivity index (χ3n) is 3.42. The van der Waals surface area contributed by atoms with E-state index in [4.69, 9.17) is 14.0 Å². The van der Waals surface area contributed by atoms with Gasteiger partial charge in [0.05, 0.1) is 25.3 Å². The number of pyridine rings is 1. The molecule has 0 aromatic carbocycles. The molecule has 3 rings (SSSR count). The normalized spacial score (nSPS) is 15.3. The summed E-state index contributed by atoms with van der Waals surface area (Å²) in [5.41, 5.74) is 0.445. The summed E-state index contributed by atoms with van der Waals surface area (Å²) in [5.74, 6) is 1.15. The van der Waals surface area contributed by atoms with Gasteiger partial charge in [0, 0.05) is 25.1 Å². The Kier molecular flexibility index (Phi) is 4.82. The summed E-state index contributed by atoms with van der Waals surface area (Å²) in [6.45, 7) is 3.32. The van der Waals surface area contributed by atoms with E-state index >= 15 is 0 Å². The number of rotatable bonds is 5. The Hall–Kier alpha value is -2.48. The van der Waals surface area contributed by atoms with E-state index in [1.807, 2.05) is 0 Å².